The Morgan fingerprint density at radius 1 is 1.28 bits per heavy atom. The van der Waals surface area contributed by atoms with Gasteiger partial charge < -0.3 is 20.1 Å². The molecule has 0 saturated heterocycles. The average Bonchev–Trinajstić information content (AvgIpc) is 2.80. The number of hydrogen-bond acceptors (Lipinski definition) is 4. The maximum atomic E-state index is 13.8. The maximum Gasteiger partial charge on any atom is 0.258 e. The van der Waals surface area contributed by atoms with Gasteiger partial charge in [-0.2, -0.15) is 0 Å². The molecule has 3 saturated carbocycles. The second kappa shape index (κ2) is 8.11. The van der Waals surface area contributed by atoms with Crippen LogP contribution in [0.2, 0.25) is 0 Å². The zero-order chi connectivity index (χ0) is 22.3. The van der Waals surface area contributed by atoms with Gasteiger partial charge in [-0.3, -0.25) is 9.59 Å². The molecule has 168 valence electrons. The number of carbonyl (C=O) groups excluding carboxylic acids is 2. The smallest absolute Gasteiger partial charge is 0.258 e. The third-order valence-corrected chi connectivity index (χ3v) is 7.26. The number of methoxy groups -OCH3 is 1. The molecule has 32 heavy (non-hydrogen) atoms. The minimum atomic E-state index is -0.774. The lowest BCUT2D eigenvalue weighted by Crippen LogP contribution is -2.67. The van der Waals surface area contributed by atoms with Crippen molar-refractivity contribution in [1.82, 2.24) is 10.6 Å². The van der Waals surface area contributed by atoms with E-state index >= 15 is 0 Å². The van der Waals surface area contributed by atoms with E-state index in [9.17, 15) is 14.0 Å². The Labute approximate surface area is 186 Å². The molecular weight excluding hydrogens is 411 g/mol. The maximum absolute atomic E-state index is 13.8. The summed E-state index contributed by atoms with van der Waals surface area (Å²) >= 11 is 0. The fourth-order valence-electron chi connectivity index (χ4n) is 5.59. The molecule has 0 radical (unpaired) electrons. The Bertz CT molecular complexity index is 1060. The summed E-state index contributed by atoms with van der Waals surface area (Å²) < 4.78 is 25.5. The normalized spacial score (nSPS) is 27.9. The summed E-state index contributed by atoms with van der Waals surface area (Å²) in [7, 11) is 1.58. The van der Waals surface area contributed by atoms with E-state index < -0.39 is 5.72 Å². The molecule has 2 aromatic carbocycles. The Morgan fingerprint density at radius 3 is 2.88 bits per heavy atom. The van der Waals surface area contributed by atoms with Crippen LogP contribution in [0.1, 0.15) is 41.6 Å². The van der Waals surface area contributed by atoms with E-state index in [0.29, 0.717) is 48.4 Å². The van der Waals surface area contributed by atoms with Crippen molar-refractivity contribution in [1.29, 1.82) is 0 Å². The molecular formula is C25H27FN2O4. The molecule has 2 amide bonds. The van der Waals surface area contributed by atoms with Crippen molar-refractivity contribution < 1.29 is 23.5 Å². The molecule has 3 fully saturated rings. The highest BCUT2D eigenvalue weighted by molar-refractivity contribution is 5.98. The first-order valence-corrected chi connectivity index (χ1v) is 11.2. The van der Waals surface area contributed by atoms with Gasteiger partial charge in [0.15, 0.2) is 5.72 Å². The fourth-order valence-corrected chi connectivity index (χ4v) is 5.59. The molecule has 6 rings (SSSR count). The van der Waals surface area contributed by atoms with Gasteiger partial charge in [0.1, 0.15) is 17.3 Å². The largest absolute Gasteiger partial charge is 0.497 e. The summed E-state index contributed by atoms with van der Waals surface area (Å²) in [5.74, 6) is 0.851. The highest BCUT2D eigenvalue weighted by atomic mass is 19.1. The molecule has 3 aliphatic carbocycles. The zero-order valence-corrected chi connectivity index (χ0v) is 18.0. The third-order valence-electron chi connectivity index (χ3n) is 7.26. The van der Waals surface area contributed by atoms with E-state index in [1.54, 1.807) is 43.5 Å². The van der Waals surface area contributed by atoms with E-state index in [1.807, 2.05) is 0 Å². The summed E-state index contributed by atoms with van der Waals surface area (Å²) in [5, 5.41) is 6.11. The Balaban J connectivity index is 1.26. The highest BCUT2D eigenvalue weighted by Crippen LogP contribution is 2.52. The van der Waals surface area contributed by atoms with Gasteiger partial charge in [0.2, 0.25) is 5.91 Å². The molecule has 0 unspecified atom stereocenters. The van der Waals surface area contributed by atoms with Crippen molar-refractivity contribution in [2.24, 2.45) is 17.8 Å². The average molecular weight is 438 g/mol. The summed E-state index contributed by atoms with van der Waals surface area (Å²) in [6.45, 7) is 0.402. The molecule has 2 aromatic rings. The number of benzene rings is 2. The molecule has 7 heteroatoms. The first-order chi connectivity index (χ1) is 15.5. The summed E-state index contributed by atoms with van der Waals surface area (Å²) in [4.78, 5) is 25.7. The van der Waals surface area contributed by atoms with E-state index in [1.165, 1.54) is 6.07 Å². The van der Waals surface area contributed by atoms with E-state index in [4.69, 9.17) is 9.47 Å². The van der Waals surface area contributed by atoms with Gasteiger partial charge in [0, 0.05) is 30.9 Å². The van der Waals surface area contributed by atoms with Crippen LogP contribution in [0.25, 0.3) is 0 Å². The predicted molar refractivity (Wildman–Crippen MR) is 116 cm³/mol. The summed E-state index contributed by atoms with van der Waals surface area (Å²) in [6.07, 6.45) is 3.56. The number of amides is 2. The molecule has 1 heterocycles. The number of halogens is 1. The molecule has 0 aromatic heterocycles. The number of fused-ring (bicyclic) bond motifs is 3. The van der Waals surface area contributed by atoms with Crippen LogP contribution < -0.4 is 20.1 Å². The van der Waals surface area contributed by atoms with Crippen LogP contribution in [0.4, 0.5) is 4.39 Å². The van der Waals surface area contributed by atoms with Gasteiger partial charge >= 0.3 is 0 Å². The summed E-state index contributed by atoms with van der Waals surface area (Å²) in [5.41, 5.74) is 0.327. The molecule has 1 aliphatic heterocycles. The second-order valence-electron chi connectivity index (χ2n) is 9.02. The van der Waals surface area contributed by atoms with Crippen molar-refractivity contribution in [2.75, 3.05) is 13.7 Å². The predicted octanol–water partition coefficient (Wildman–Crippen LogP) is 3.45. The van der Waals surface area contributed by atoms with Crippen LogP contribution in [0.15, 0.2) is 42.5 Å². The van der Waals surface area contributed by atoms with Gasteiger partial charge in [-0.25, -0.2) is 4.39 Å². The zero-order valence-electron chi connectivity index (χ0n) is 18.0. The van der Waals surface area contributed by atoms with E-state index in [2.05, 4.69) is 10.6 Å². The first-order valence-electron chi connectivity index (χ1n) is 11.2. The Hall–Kier alpha value is -3.09. The molecule has 4 atom stereocenters. The Morgan fingerprint density at radius 2 is 2.12 bits per heavy atom. The molecule has 1 spiro atoms. The van der Waals surface area contributed by atoms with E-state index in [0.717, 1.165) is 12.8 Å². The lowest BCUT2D eigenvalue weighted by atomic mass is 9.60. The van der Waals surface area contributed by atoms with Crippen LogP contribution >= 0.6 is 0 Å². The van der Waals surface area contributed by atoms with Gasteiger partial charge in [-0.1, -0.05) is 18.2 Å². The standard InChI is InChI=1S/C25H27FN2O4/c1-31-18-8-9-19-22(13-18)32-25(28-24(19)30)14-16-6-7-17(25)12-20(16)23(29)27-11-10-15-4-2-3-5-21(15)26/h2-5,8-9,13,16-17,20H,6-7,10-12,14H2,1H3,(H,27,29)(H,28,30)/t16-,17+,20-,25-/m1/s1. The van der Waals surface area contributed by atoms with Crippen molar-refractivity contribution in [3.63, 3.8) is 0 Å². The van der Waals surface area contributed by atoms with E-state index in [-0.39, 0.29) is 35.4 Å². The van der Waals surface area contributed by atoms with Crippen molar-refractivity contribution in [3.8, 4) is 11.5 Å². The lowest BCUT2D eigenvalue weighted by Gasteiger charge is -2.55. The number of carbonyl (C=O) groups is 2. The van der Waals surface area contributed by atoms with Crippen LogP contribution in [0.3, 0.4) is 0 Å². The van der Waals surface area contributed by atoms with Gasteiger partial charge in [0.05, 0.1) is 12.7 Å². The molecule has 4 aliphatic rings. The van der Waals surface area contributed by atoms with Gasteiger partial charge in [-0.15, -0.1) is 0 Å². The van der Waals surface area contributed by atoms with Crippen molar-refractivity contribution in [2.45, 2.75) is 37.8 Å². The molecule has 2 N–H and O–H groups in total. The fraction of sp³-hybridized carbons (Fsp3) is 0.440. The minimum Gasteiger partial charge on any atom is -0.497 e. The van der Waals surface area contributed by atoms with Gasteiger partial charge in [-0.05, 0) is 55.4 Å². The molecule has 2 bridgehead atoms. The monoisotopic (exact) mass is 438 g/mol. The number of nitrogens with one attached hydrogen (secondary N) is 2. The number of rotatable bonds is 5. The second-order valence-corrected chi connectivity index (χ2v) is 9.02. The van der Waals surface area contributed by atoms with Crippen LogP contribution in [0.5, 0.6) is 11.5 Å². The number of ether oxygens (including phenoxy) is 2. The van der Waals surface area contributed by atoms with Crippen molar-refractivity contribution in [3.05, 3.63) is 59.4 Å². The van der Waals surface area contributed by atoms with Crippen LogP contribution in [-0.2, 0) is 11.2 Å². The lowest BCUT2D eigenvalue weighted by molar-refractivity contribution is -0.146. The van der Waals surface area contributed by atoms with Gasteiger partial charge in [0.25, 0.3) is 5.91 Å². The molecule has 6 nitrogen and oxygen atoms in total. The topological polar surface area (TPSA) is 76.7 Å². The highest BCUT2D eigenvalue weighted by Gasteiger charge is 2.57. The minimum absolute atomic E-state index is 0.00935. The quantitative estimate of drug-likeness (QED) is 0.750. The van der Waals surface area contributed by atoms with Crippen molar-refractivity contribution >= 4 is 11.8 Å². The number of hydrogen-bond donors (Lipinski definition) is 2. The van der Waals surface area contributed by atoms with Crippen LogP contribution in [0, 0.1) is 23.6 Å². The Kier molecular flexibility index (Phi) is 5.27. The summed E-state index contributed by atoms with van der Waals surface area (Å²) in [6, 6.07) is 11.8. The first kappa shape index (κ1) is 20.8. The third kappa shape index (κ3) is 3.59. The van der Waals surface area contributed by atoms with Crippen LogP contribution in [-0.4, -0.2) is 31.2 Å². The SMILES string of the molecule is COc1ccc2c(c1)O[C@@]1(C[C@H]3CC[C@H]1C[C@H]3C(=O)NCCc1ccccc1F)NC2=O.